The summed E-state index contributed by atoms with van der Waals surface area (Å²) >= 11 is 0. The van der Waals surface area contributed by atoms with E-state index in [-0.39, 0.29) is 33.1 Å². The summed E-state index contributed by atoms with van der Waals surface area (Å²) < 4.78 is 0. The van der Waals surface area contributed by atoms with E-state index in [1.807, 2.05) is 48.5 Å². The number of carbonyl (C=O) groups is 2. The van der Waals surface area contributed by atoms with E-state index < -0.39 is 23.8 Å². The van der Waals surface area contributed by atoms with Crippen LogP contribution in [0.4, 0.5) is 0 Å². The summed E-state index contributed by atoms with van der Waals surface area (Å²) in [5, 5.41) is 17.7. The van der Waals surface area contributed by atoms with Crippen LogP contribution in [0.25, 0.3) is 0 Å². The van der Waals surface area contributed by atoms with Crippen LogP contribution in [-0.4, -0.2) is 34.2 Å². The van der Waals surface area contributed by atoms with Gasteiger partial charge < -0.3 is 21.7 Å². The molecule has 0 amide bonds. The van der Waals surface area contributed by atoms with E-state index in [1.165, 1.54) is 24.0 Å². The van der Waals surface area contributed by atoms with E-state index in [4.69, 9.17) is 21.7 Å². The molecule has 2 aromatic carbocycles. The molecule has 6 nitrogen and oxygen atoms in total. The molecule has 0 saturated heterocycles. The number of carboxylic acids is 2. The van der Waals surface area contributed by atoms with Crippen molar-refractivity contribution in [1.29, 1.82) is 0 Å². The summed E-state index contributed by atoms with van der Waals surface area (Å²) in [6, 6.07) is 16.3. The van der Waals surface area contributed by atoms with E-state index in [9.17, 15) is 9.59 Å². The molecule has 2 aromatic rings. The van der Waals surface area contributed by atoms with Crippen molar-refractivity contribution in [2.24, 2.45) is 23.3 Å². The van der Waals surface area contributed by atoms with E-state index in [1.54, 1.807) is 13.8 Å². The number of benzene rings is 2. The van der Waals surface area contributed by atoms with Gasteiger partial charge in [-0.2, -0.15) is 0 Å². The van der Waals surface area contributed by atoms with Crippen molar-refractivity contribution < 1.29 is 40.9 Å². The zero-order chi connectivity index (χ0) is 28.8. The maximum absolute atomic E-state index is 10.8. The van der Waals surface area contributed by atoms with Crippen LogP contribution in [0.15, 0.2) is 48.5 Å². The maximum atomic E-state index is 10.8. The van der Waals surface area contributed by atoms with E-state index in [0.717, 1.165) is 36.8 Å². The molecule has 3 rings (SSSR count). The van der Waals surface area contributed by atoms with Crippen molar-refractivity contribution in [2.75, 3.05) is 0 Å². The predicted octanol–water partition coefficient (Wildman–Crippen LogP) is 6.36. The monoisotopic (exact) mass is 721 g/mol. The van der Waals surface area contributed by atoms with Gasteiger partial charge in [0.15, 0.2) is 0 Å². The van der Waals surface area contributed by atoms with Gasteiger partial charge in [-0.15, -0.1) is 0 Å². The summed E-state index contributed by atoms with van der Waals surface area (Å²) in [6.07, 6.45) is 6.88. The van der Waals surface area contributed by atoms with Gasteiger partial charge in [0.2, 0.25) is 0 Å². The summed E-state index contributed by atoms with van der Waals surface area (Å²) in [6.45, 7) is 12.1. The average Bonchev–Trinajstić information content (AvgIpc) is 2.86. The largest absolute Gasteiger partial charge is 0.481 e. The van der Waals surface area contributed by atoms with Gasteiger partial charge in [-0.1, -0.05) is 89.1 Å². The fourth-order valence-electron chi connectivity index (χ4n) is 4.30. The van der Waals surface area contributed by atoms with E-state index >= 15 is 0 Å². The molecule has 39 heavy (non-hydrogen) atoms. The van der Waals surface area contributed by atoms with Crippen molar-refractivity contribution in [3.8, 4) is 0 Å². The summed E-state index contributed by atoms with van der Waals surface area (Å²) in [4.78, 5) is 21.5. The molecule has 0 spiro atoms. The van der Waals surface area contributed by atoms with Gasteiger partial charge in [-0.05, 0) is 73.6 Å². The second-order valence-electron chi connectivity index (χ2n) is 11.4. The minimum absolute atomic E-state index is 0. The zero-order valence-corrected chi connectivity index (χ0v) is 26.8. The smallest absolute Gasteiger partial charge is 0.310 e. The molecular weight excluding hydrogens is 671 g/mol. The van der Waals surface area contributed by atoms with Crippen molar-refractivity contribution in [2.45, 2.75) is 104 Å². The second-order valence-corrected chi connectivity index (χ2v) is 11.4. The van der Waals surface area contributed by atoms with Gasteiger partial charge in [0.25, 0.3) is 0 Å². The van der Waals surface area contributed by atoms with Crippen molar-refractivity contribution in [1.82, 2.24) is 0 Å². The molecule has 1 aliphatic carbocycles. The molecule has 1 fully saturated rings. The van der Waals surface area contributed by atoms with E-state index in [2.05, 4.69) is 27.7 Å². The Hall–Kier alpha value is -2.01. The number of carboxylic acid groups (broad SMARTS) is 2. The van der Waals surface area contributed by atoms with Crippen LogP contribution in [0.3, 0.4) is 0 Å². The summed E-state index contributed by atoms with van der Waals surface area (Å²) in [5.74, 6) is -1.12. The average molecular weight is 722 g/mol. The van der Waals surface area contributed by atoms with Crippen LogP contribution in [0, 0.1) is 11.8 Å². The van der Waals surface area contributed by atoms with Crippen LogP contribution >= 0.6 is 0 Å². The second kappa shape index (κ2) is 19.1. The van der Waals surface area contributed by atoms with Gasteiger partial charge in [0.1, 0.15) is 0 Å². The molecule has 0 bridgehead atoms. The number of aliphatic carboxylic acids is 2. The first-order chi connectivity index (χ1) is 17.8. The first kappa shape index (κ1) is 37.0. The molecule has 6 N–H and O–H groups in total. The Kier molecular flexibility index (Phi) is 18.1. The Balaban J connectivity index is 0.000000573. The quantitative estimate of drug-likeness (QED) is 0.252. The van der Waals surface area contributed by atoms with Crippen molar-refractivity contribution >= 4 is 11.9 Å². The molecule has 4 unspecified atom stereocenters. The maximum Gasteiger partial charge on any atom is 0.310 e. The predicted molar refractivity (Wildman–Crippen MR) is 156 cm³/mol. The third kappa shape index (κ3) is 14.8. The number of hydrogen-bond donors (Lipinski definition) is 4. The van der Waals surface area contributed by atoms with Gasteiger partial charge >= 0.3 is 11.9 Å². The minimum Gasteiger partial charge on any atom is -0.481 e. The SMILES string of the molecule is CC(C)Cc1ccc(C(C)C(=O)O)cc1.CC(C)Cc1ccc(C(C)C(=O)O)cc1.NC1CCCCC1N.[Pt]. The summed E-state index contributed by atoms with van der Waals surface area (Å²) in [7, 11) is 0. The van der Waals surface area contributed by atoms with Gasteiger partial charge in [-0.25, -0.2) is 0 Å². The molecule has 0 aliphatic heterocycles. The number of nitrogens with two attached hydrogens (primary N) is 2. The Morgan fingerprint density at radius 2 is 0.949 bits per heavy atom. The first-order valence-corrected chi connectivity index (χ1v) is 14.0. The van der Waals surface area contributed by atoms with Crippen LogP contribution in [0.5, 0.6) is 0 Å². The topological polar surface area (TPSA) is 127 Å². The molecule has 0 aromatic heterocycles. The summed E-state index contributed by atoms with van der Waals surface area (Å²) in [5.41, 5.74) is 15.6. The van der Waals surface area contributed by atoms with Crippen LogP contribution < -0.4 is 11.5 Å². The van der Waals surface area contributed by atoms with Crippen molar-refractivity contribution in [3.63, 3.8) is 0 Å². The minimum atomic E-state index is -0.772. The fraction of sp³-hybridized carbons (Fsp3) is 0.562. The molecule has 1 aliphatic rings. The molecule has 0 heterocycles. The molecule has 1 saturated carbocycles. The Morgan fingerprint density at radius 1 is 0.667 bits per heavy atom. The van der Waals surface area contributed by atoms with Crippen LogP contribution in [0.2, 0.25) is 0 Å². The Bertz CT molecular complexity index is 882. The molecule has 4 atom stereocenters. The standard InChI is InChI=1S/2C13H18O2.C6H14N2.Pt/c2*1-9(2)8-11-4-6-12(7-5-11)10(3)13(14)15;7-5-3-1-2-4-6(5)8;/h2*4-7,9-10H,8H2,1-3H3,(H,14,15);5-6H,1-4,7-8H2;. The first-order valence-electron chi connectivity index (χ1n) is 14.0. The molecule has 222 valence electrons. The van der Waals surface area contributed by atoms with Gasteiger partial charge in [0.05, 0.1) is 11.8 Å². The van der Waals surface area contributed by atoms with Crippen LogP contribution in [-0.2, 0) is 43.5 Å². The van der Waals surface area contributed by atoms with E-state index in [0.29, 0.717) is 11.8 Å². The third-order valence-electron chi connectivity index (χ3n) is 6.86. The zero-order valence-electron chi connectivity index (χ0n) is 24.5. The normalized spacial score (nSPS) is 18.0. The van der Waals surface area contributed by atoms with Crippen molar-refractivity contribution in [3.05, 3.63) is 70.8 Å². The number of hydrogen-bond acceptors (Lipinski definition) is 4. The molecular formula is C32H50N2O4Pt. The number of rotatable bonds is 8. The fourth-order valence-corrected chi connectivity index (χ4v) is 4.30. The third-order valence-corrected chi connectivity index (χ3v) is 6.86. The Labute approximate surface area is 250 Å². The van der Waals surface area contributed by atoms with Gasteiger partial charge in [0, 0.05) is 33.1 Å². The van der Waals surface area contributed by atoms with Crippen LogP contribution in [0.1, 0.15) is 101 Å². The molecule has 7 heteroatoms. The Morgan fingerprint density at radius 3 is 1.15 bits per heavy atom. The van der Waals surface area contributed by atoms with Gasteiger partial charge in [-0.3, -0.25) is 9.59 Å². The molecule has 0 radical (unpaired) electrons.